The van der Waals surface area contributed by atoms with Gasteiger partial charge in [-0.15, -0.1) is 0 Å². The summed E-state index contributed by atoms with van der Waals surface area (Å²) in [6, 6.07) is 5.50. The Hall–Kier alpha value is -1.07. The lowest BCUT2D eigenvalue weighted by atomic mass is 10.3. The van der Waals surface area contributed by atoms with Crippen molar-refractivity contribution in [1.82, 2.24) is 0 Å². The van der Waals surface area contributed by atoms with Crippen molar-refractivity contribution in [3.63, 3.8) is 0 Å². The summed E-state index contributed by atoms with van der Waals surface area (Å²) in [5.74, 6) is 2.61. The Balaban J connectivity index is 2.55. The van der Waals surface area contributed by atoms with Crippen LogP contribution in [0.25, 0.3) is 0 Å². The maximum absolute atomic E-state index is 5.60. The zero-order chi connectivity index (χ0) is 12.5. The zero-order valence-electron chi connectivity index (χ0n) is 10.1. The van der Waals surface area contributed by atoms with Crippen LogP contribution in [0, 0.1) is 0 Å². The molecule has 0 N–H and O–H groups in total. The van der Waals surface area contributed by atoms with E-state index in [-0.39, 0.29) is 0 Å². The molecule has 0 heterocycles. The Bertz CT molecular complexity index is 308. The first-order chi connectivity index (χ1) is 8.33. The van der Waals surface area contributed by atoms with Gasteiger partial charge >= 0.3 is 0 Å². The summed E-state index contributed by atoms with van der Waals surface area (Å²) in [7, 11) is 3.19. The first-order valence-electron chi connectivity index (χ1n) is 5.36. The van der Waals surface area contributed by atoms with Crippen molar-refractivity contribution < 1.29 is 18.9 Å². The van der Waals surface area contributed by atoms with Gasteiger partial charge in [-0.3, -0.25) is 0 Å². The molecule has 96 valence electrons. The molecular weight excluding hydrogens is 240 g/mol. The molecule has 5 heteroatoms. The lowest BCUT2D eigenvalue weighted by molar-refractivity contribution is 0.109. The minimum Gasteiger partial charge on any atom is -0.493 e. The van der Waals surface area contributed by atoms with E-state index in [0.717, 1.165) is 0 Å². The molecule has 0 fully saturated rings. The molecule has 0 spiro atoms. The SMILES string of the molecule is COc1cccc(OC)c1OCCOCCS. The third-order valence-corrected chi connectivity index (χ3v) is 2.27. The molecule has 0 aliphatic heterocycles. The maximum Gasteiger partial charge on any atom is 0.203 e. The molecule has 17 heavy (non-hydrogen) atoms. The second kappa shape index (κ2) is 8.08. The summed E-state index contributed by atoms with van der Waals surface area (Å²) < 4.78 is 21.3. The molecule has 1 aromatic carbocycles. The van der Waals surface area contributed by atoms with Crippen molar-refractivity contribution in [2.24, 2.45) is 0 Å². The van der Waals surface area contributed by atoms with Crippen LogP contribution in [-0.4, -0.2) is 39.8 Å². The number of para-hydroxylation sites is 1. The van der Waals surface area contributed by atoms with E-state index >= 15 is 0 Å². The third-order valence-electron chi connectivity index (χ3n) is 2.09. The second-order valence-corrected chi connectivity index (χ2v) is 3.62. The van der Waals surface area contributed by atoms with Gasteiger partial charge in [-0.25, -0.2) is 0 Å². The fourth-order valence-corrected chi connectivity index (χ4v) is 1.46. The molecule has 0 saturated heterocycles. The summed E-state index contributed by atoms with van der Waals surface area (Å²) in [5, 5.41) is 0. The number of hydrogen-bond donors (Lipinski definition) is 1. The standard InChI is InChI=1S/C12H18O4S/c1-13-10-4-3-5-11(14-2)12(10)16-7-6-15-8-9-17/h3-5,17H,6-9H2,1-2H3. The molecule has 0 bridgehead atoms. The van der Waals surface area contributed by atoms with Gasteiger partial charge in [0.2, 0.25) is 5.75 Å². The van der Waals surface area contributed by atoms with Crippen molar-refractivity contribution >= 4 is 12.6 Å². The first kappa shape index (κ1) is 14.0. The van der Waals surface area contributed by atoms with Gasteiger partial charge in [-0.1, -0.05) is 6.07 Å². The summed E-state index contributed by atoms with van der Waals surface area (Å²) in [6.07, 6.45) is 0. The van der Waals surface area contributed by atoms with E-state index in [4.69, 9.17) is 18.9 Å². The van der Waals surface area contributed by atoms with Gasteiger partial charge in [0.25, 0.3) is 0 Å². The zero-order valence-corrected chi connectivity index (χ0v) is 11.0. The molecule has 0 amide bonds. The van der Waals surface area contributed by atoms with Crippen LogP contribution in [0.15, 0.2) is 18.2 Å². The van der Waals surface area contributed by atoms with Crippen LogP contribution in [0.1, 0.15) is 0 Å². The Morgan fingerprint density at radius 3 is 2.18 bits per heavy atom. The van der Waals surface area contributed by atoms with Crippen LogP contribution in [0.5, 0.6) is 17.2 Å². The molecule has 0 saturated carbocycles. The number of benzene rings is 1. The van der Waals surface area contributed by atoms with Crippen molar-refractivity contribution in [3.8, 4) is 17.2 Å². The molecule has 0 atom stereocenters. The average Bonchev–Trinajstić information content (AvgIpc) is 2.38. The van der Waals surface area contributed by atoms with Gasteiger partial charge in [-0.05, 0) is 12.1 Å². The van der Waals surface area contributed by atoms with E-state index in [1.165, 1.54) is 0 Å². The van der Waals surface area contributed by atoms with Gasteiger partial charge in [-0.2, -0.15) is 12.6 Å². The summed E-state index contributed by atoms with van der Waals surface area (Å²) in [6.45, 7) is 1.59. The first-order valence-corrected chi connectivity index (χ1v) is 5.99. The molecule has 1 aromatic rings. The number of rotatable bonds is 8. The van der Waals surface area contributed by atoms with E-state index in [0.29, 0.717) is 42.8 Å². The lowest BCUT2D eigenvalue weighted by Gasteiger charge is -2.13. The van der Waals surface area contributed by atoms with Crippen LogP contribution in [0.3, 0.4) is 0 Å². The number of hydrogen-bond acceptors (Lipinski definition) is 5. The smallest absolute Gasteiger partial charge is 0.203 e. The van der Waals surface area contributed by atoms with Crippen LogP contribution in [0.4, 0.5) is 0 Å². The van der Waals surface area contributed by atoms with Crippen molar-refractivity contribution in [2.45, 2.75) is 0 Å². The highest BCUT2D eigenvalue weighted by Crippen LogP contribution is 2.36. The van der Waals surface area contributed by atoms with Crippen LogP contribution < -0.4 is 14.2 Å². The predicted octanol–water partition coefficient (Wildman–Crippen LogP) is 2.03. The van der Waals surface area contributed by atoms with Crippen LogP contribution >= 0.6 is 12.6 Å². The highest BCUT2D eigenvalue weighted by molar-refractivity contribution is 7.80. The normalized spacial score (nSPS) is 10.1. The summed E-state index contributed by atoms with van der Waals surface area (Å²) in [5.41, 5.74) is 0. The highest BCUT2D eigenvalue weighted by atomic mass is 32.1. The number of ether oxygens (including phenoxy) is 4. The van der Waals surface area contributed by atoms with Gasteiger partial charge < -0.3 is 18.9 Å². The average molecular weight is 258 g/mol. The quantitative estimate of drug-likeness (QED) is 0.572. The molecule has 0 unspecified atom stereocenters. The summed E-state index contributed by atoms with van der Waals surface area (Å²) in [4.78, 5) is 0. The van der Waals surface area contributed by atoms with Gasteiger partial charge in [0.15, 0.2) is 11.5 Å². The Kier molecular flexibility index (Phi) is 6.65. The van der Waals surface area contributed by atoms with Crippen molar-refractivity contribution in [1.29, 1.82) is 0 Å². The Labute approximate surface area is 107 Å². The number of methoxy groups -OCH3 is 2. The van der Waals surface area contributed by atoms with Crippen LogP contribution in [0.2, 0.25) is 0 Å². The lowest BCUT2D eigenvalue weighted by Crippen LogP contribution is -2.09. The van der Waals surface area contributed by atoms with E-state index in [1.54, 1.807) is 14.2 Å². The van der Waals surface area contributed by atoms with E-state index in [1.807, 2.05) is 18.2 Å². The highest BCUT2D eigenvalue weighted by Gasteiger charge is 2.10. The molecular formula is C12H18O4S. The largest absolute Gasteiger partial charge is 0.493 e. The monoisotopic (exact) mass is 258 g/mol. The fourth-order valence-electron chi connectivity index (χ4n) is 1.33. The van der Waals surface area contributed by atoms with Crippen molar-refractivity contribution in [3.05, 3.63) is 18.2 Å². The predicted molar refractivity (Wildman–Crippen MR) is 69.7 cm³/mol. The topological polar surface area (TPSA) is 36.9 Å². The molecule has 4 nitrogen and oxygen atoms in total. The minimum absolute atomic E-state index is 0.449. The Morgan fingerprint density at radius 2 is 1.65 bits per heavy atom. The Morgan fingerprint density at radius 1 is 1.00 bits per heavy atom. The van der Waals surface area contributed by atoms with E-state index < -0.39 is 0 Å². The molecule has 0 aliphatic rings. The number of thiol groups is 1. The van der Waals surface area contributed by atoms with E-state index in [9.17, 15) is 0 Å². The van der Waals surface area contributed by atoms with Gasteiger partial charge in [0.05, 0.1) is 27.4 Å². The van der Waals surface area contributed by atoms with Crippen LogP contribution in [-0.2, 0) is 4.74 Å². The van der Waals surface area contributed by atoms with Gasteiger partial charge in [0.1, 0.15) is 6.61 Å². The van der Waals surface area contributed by atoms with Crippen molar-refractivity contribution in [2.75, 3.05) is 39.8 Å². The second-order valence-electron chi connectivity index (χ2n) is 3.18. The van der Waals surface area contributed by atoms with Gasteiger partial charge in [0, 0.05) is 5.75 Å². The molecule has 0 aliphatic carbocycles. The molecule has 0 aromatic heterocycles. The fraction of sp³-hybridized carbons (Fsp3) is 0.500. The molecule has 1 rings (SSSR count). The molecule has 0 radical (unpaired) electrons. The summed E-state index contributed by atoms with van der Waals surface area (Å²) >= 11 is 4.05. The third kappa shape index (κ3) is 4.36. The minimum atomic E-state index is 0.449. The van der Waals surface area contributed by atoms with E-state index in [2.05, 4.69) is 12.6 Å². The maximum atomic E-state index is 5.60.